The molecule has 2 nitrogen and oxygen atoms in total. The van der Waals surface area contributed by atoms with Crippen molar-refractivity contribution in [3.8, 4) is 0 Å². The maximum Gasteiger partial charge on any atom is 0.00963 e. The Morgan fingerprint density at radius 1 is 1.36 bits per heavy atom. The second-order valence-corrected chi connectivity index (χ2v) is 4.40. The molecule has 0 bridgehead atoms. The number of rotatable bonds is 8. The van der Waals surface area contributed by atoms with Crippen LogP contribution in [0.3, 0.4) is 0 Å². The minimum absolute atomic E-state index is 0.730. The first-order valence-corrected chi connectivity index (χ1v) is 6.23. The topological polar surface area (TPSA) is 15.3 Å². The maximum absolute atomic E-state index is 3.37. The molecule has 0 radical (unpaired) electrons. The predicted molar refractivity (Wildman–Crippen MR) is 62.6 cm³/mol. The molecular formula is C12H26N2. The van der Waals surface area contributed by atoms with Gasteiger partial charge in [0.15, 0.2) is 0 Å². The fourth-order valence-electron chi connectivity index (χ4n) is 2.13. The third kappa shape index (κ3) is 3.97. The van der Waals surface area contributed by atoms with E-state index in [2.05, 4.69) is 31.1 Å². The van der Waals surface area contributed by atoms with E-state index in [9.17, 15) is 0 Å². The Balaban J connectivity index is 2.06. The Hall–Kier alpha value is -0.0800. The summed E-state index contributed by atoms with van der Waals surface area (Å²) in [5.41, 5.74) is 0. The van der Waals surface area contributed by atoms with E-state index in [0.717, 1.165) is 12.1 Å². The van der Waals surface area contributed by atoms with E-state index in [4.69, 9.17) is 0 Å². The summed E-state index contributed by atoms with van der Waals surface area (Å²) in [5, 5.41) is 3.37. The van der Waals surface area contributed by atoms with E-state index in [1.54, 1.807) is 0 Å². The smallest absolute Gasteiger partial charge is 0.00963 e. The summed E-state index contributed by atoms with van der Waals surface area (Å²) in [5.74, 6) is 0. The summed E-state index contributed by atoms with van der Waals surface area (Å²) in [6, 6.07) is 1.67. The van der Waals surface area contributed by atoms with Gasteiger partial charge in [-0.2, -0.15) is 0 Å². The van der Waals surface area contributed by atoms with Gasteiger partial charge in [-0.1, -0.05) is 13.8 Å². The fraction of sp³-hybridized carbons (Fsp3) is 1.00. The van der Waals surface area contributed by atoms with Gasteiger partial charge in [0.05, 0.1) is 0 Å². The van der Waals surface area contributed by atoms with Gasteiger partial charge >= 0.3 is 0 Å². The molecule has 2 heteroatoms. The Bertz CT molecular complexity index is 139. The quantitative estimate of drug-likeness (QED) is 0.643. The molecule has 1 rings (SSSR count). The molecule has 14 heavy (non-hydrogen) atoms. The van der Waals surface area contributed by atoms with Gasteiger partial charge in [0, 0.05) is 12.1 Å². The molecule has 1 aliphatic rings. The minimum Gasteiger partial charge on any atom is -0.317 e. The first-order valence-electron chi connectivity index (χ1n) is 6.23. The van der Waals surface area contributed by atoms with E-state index in [1.165, 1.54) is 45.2 Å². The van der Waals surface area contributed by atoms with Crippen molar-refractivity contribution >= 4 is 0 Å². The van der Waals surface area contributed by atoms with Crippen LogP contribution in [-0.2, 0) is 0 Å². The van der Waals surface area contributed by atoms with Crippen molar-refractivity contribution in [2.75, 3.05) is 20.1 Å². The number of hydrogen-bond acceptors (Lipinski definition) is 2. The summed E-state index contributed by atoms with van der Waals surface area (Å²) < 4.78 is 0. The van der Waals surface area contributed by atoms with Crippen LogP contribution in [-0.4, -0.2) is 37.1 Å². The van der Waals surface area contributed by atoms with Crippen LogP contribution in [0.1, 0.15) is 46.0 Å². The number of hydrogen-bond donors (Lipinski definition) is 1. The highest BCUT2D eigenvalue weighted by atomic mass is 15.2. The summed E-state index contributed by atoms with van der Waals surface area (Å²) in [7, 11) is 2.08. The first kappa shape index (κ1) is 12.0. The van der Waals surface area contributed by atoms with Gasteiger partial charge in [0.1, 0.15) is 0 Å². The van der Waals surface area contributed by atoms with Crippen molar-refractivity contribution in [1.29, 1.82) is 0 Å². The van der Waals surface area contributed by atoms with E-state index in [1.807, 2.05) is 0 Å². The summed E-state index contributed by atoms with van der Waals surface area (Å²) in [6.07, 6.45) is 6.82. The third-order valence-corrected chi connectivity index (χ3v) is 3.37. The normalized spacial score (nSPS) is 18.9. The van der Waals surface area contributed by atoms with E-state index in [-0.39, 0.29) is 0 Å². The molecule has 1 saturated carbocycles. The highest BCUT2D eigenvalue weighted by Gasteiger charge is 2.27. The van der Waals surface area contributed by atoms with Crippen LogP contribution in [0.15, 0.2) is 0 Å². The van der Waals surface area contributed by atoms with Crippen molar-refractivity contribution in [1.82, 2.24) is 10.2 Å². The van der Waals surface area contributed by atoms with E-state index < -0.39 is 0 Å². The predicted octanol–water partition coefficient (Wildman–Crippen LogP) is 2.25. The highest BCUT2D eigenvalue weighted by Crippen LogP contribution is 2.26. The van der Waals surface area contributed by atoms with Crippen LogP contribution < -0.4 is 5.32 Å². The molecule has 0 aromatic heterocycles. The van der Waals surface area contributed by atoms with Gasteiger partial charge in [0.2, 0.25) is 0 Å². The maximum atomic E-state index is 3.37. The van der Waals surface area contributed by atoms with Crippen LogP contribution in [0.2, 0.25) is 0 Å². The van der Waals surface area contributed by atoms with E-state index >= 15 is 0 Å². The lowest BCUT2D eigenvalue weighted by Gasteiger charge is -2.21. The van der Waals surface area contributed by atoms with Crippen molar-refractivity contribution in [2.45, 2.75) is 58.0 Å². The Morgan fingerprint density at radius 3 is 2.50 bits per heavy atom. The molecule has 1 aliphatic carbocycles. The van der Waals surface area contributed by atoms with Crippen molar-refractivity contribution in [3.05, 3.63) is 0 Å². The Labute approximate surface area is 89.1 Å². The molecule has 0 spiro atoms. The average molecular weight is 198 g/mol. The standard InChI is InChI=1S/C12H26N2/c1-4-11(13-3)7-6-10-14(5-2)12-8-9-12/h11-13H,4-10H2,1-3H3. The summed E-state index contributed by atoms with van der Waals surface area (Å²) >= 11 is 0. The van der Waals surface area contributed by atoms with Gasteiger partial charge in [-0.15, -0.1) is 0 Å². The Kier molecular flexibility index (Phi) is 5.49. The number of nitrogens with one attached hydrogen (secondary N) is 1. The van der Waals surface area contributed by atoms with Crippen LogP contribution in [0, 0.1) is 0 Å². The SMILES string of the molecule is CCC(CCCN(CC)C1CC1)NC. The molecule has 0 aromatic rings. The zero-order valence-corrected chi connectivity index (χ0v) is 10.1. The molecule has 1 fully saturated rings. The largest absolute Gasteiger partial charge is 0.317 e. The van der Waals surface area contributed by atoms with Gasteiger partial charge in [-0.25, -0.2) is 0 Å². The lowest BCUT2D eigenvalue weighted by Crippen LogP contribution is -2.29. The molecule has 84 valence electrons. The first-order chi connectivity index (χ1) is 6.81. The minimum atomic E-state index is 0.730. The van der Waals surface area contributed by atoms with Crippen molar-refractivity contribution < 1.29 is 0 Å². The third-order valence-electron chi connectivity index (χ3n) is 3.37. The zero-order chi connectivity index (χ0) is 10.4. The second kappa shape index (κ2) is 6.41. The number of nitrogens with zero attached hydrogens (tertiary/aromatic N) is 1. The second-order valence-electron chi connectivity index (χ2n) is 4.40. The van der Waals surface area contributed by atoms with Crippen LogP contribution in [0.5, 0.6) is 0 Å². The molecule has 1 N–H and O–H groups in total. The monoisotopic (exact) mass is 198 g/mol. The van der Waals surface area contributed by atoms with Crippen LogP contribution >= 0.6 is 0 Å². The lowest BCUT2D eigenvalue weighted by atomic mass is 10.1. The Morgan fingerprint density at radius 2 is 2.07 bits per heavy atom. The molecule has 0 aliphatic heterocycles. The summed E-state index contributed by atoms with van der Waals surface area (Å²) in [6.45, 7) is 7.09. The highest BCUT2D eigenvalue weighted by molar-refractivity contribution is 4.83. The van der Waals surface area contributed by atoms with Gasteiger partial charge in [-0.3, -0.25) is 0 Å². The van der Waals surface area contributed by atoms with Crippen molar-refractivity contribution in [2.24, 2.45) is 0 Å². The molecule has 0 saturated heterocycles. The average Bonchev–Trinajstić information content (AvgIpc) is 3.02. The molecule has 1 atom stereocenters. The molecular weight excluding hydrogens is 172 g/mol. The van der Waals surface area contributed by atoms with Crippen molar-refractivity contribution in [3.63, 3.8) is 0 Å². The van der Waals surface area contributed by atoms with E-state index in [0.29, 0.717) is 0 Å². The van der Waals surface area contributed by atoms with Crippen LogP contribution in [0.25, 0.3) is 0 Å². The molecule has 0 aromatic carbocycles. The van der Waals surface area contributed by atoms with Gasteiger partial charge in [-0.05, 0) is 52.2 Å². The molecule has 1 unspecified atom stereocenters. The summed E-state index contributed by atoms with van der Waals surface area (Å²) in [4.78, 5) is 2.64. The van der Waals surface area contributed by atoms with Gasteiger partial charge < -0.3 is 10.2 Å². The lowest BCUT2D eigenvalue weighted by molar-refractivity contribution is 0.266. The fourth-order valence-corrected chi connectivity index (χ4v) is 2.13. The van der Waals surface area contributed by atoms with Gasteiger partial charge in [0.25, 0.3) is 0 Å². The molecule has 0 amide bonds. The molecule has 0 heterocycles. The zero-order valence-electron chi connectivity index (χ0n) is 10.1. The van der Waals surface area contributed by atoms with Crippen LogP contribution in [0.4, 0.5) is 0 Å².